The molecule has 0 aromatic carbocycles. The Balaban J connectivity index is 1.57. The molecule has 2 aromatic heterocycles. The Kier molecular flexibility index (Phi) is 3.85. The Morgan fingerprint density at radius 2 is 2.27 bits per heavy atom. The van der Waals surface area contributed by atoms with Crippen molar-refractivity contribution in [1.82, 2.24) is 14.9 Å². The molecule has 5 heteroatoms. The maximum Gasteiger partial charge on any atom is 0.232 e. The third-order valence-electron chi connectivity index (χ3n) is 4.85. The van der Waals surface area contributed by atoms with Crippen LogP contribution in [0.3, 0.4) is 0 Å². The van der Waals surface area contributed by atoms with E-state index in [2.05, 4.69) is 40.2 Å². The average molecular weight is 317 g/mol. The second kappa shape index (κ2) is 5.54. The van der Waals surface area contributed by atoms with Gasteiger partial charge in [0.2, 0.25) is 5.91 Å². The Bertz CT molecular complexity index is 659. The van der Waals surface area contributed by atoms with Crippen LogP contribution in [0.2, 0.25) is 0 Å². The minimum atomic E-state index is -0.313. The molecule has 4 nitrogen and oxygen atoms in total. The number of aryl methyl sites for hydroxylation is 2. The highest BCUT2D eigenvalue weighted by atomic mass is 32.1. The Morgan fingerprint density at radius 3 is 2.82 bits per heavy atom. The predicted molar refractivity (Wildman–Crippen MR) is 89.0 cm³/mol. The number of imidazole rings is 1. The molecular weight excluding hydrogens is 294 g/mol. The molecule has 118 valence electrons. The van der Waals surface area contributed by atoms with Crippen LogP contribution in [0.4, 0.5) is 0 Å². The van der Waals surface area contributed by atoms with E-state index in [4.69, 9.17) is 0 Å². The molecule has 1 N–H and O–H groups in total. The monoisotopic (exact) mass is 317 g/mol. The fourth-order valence-electron chi connectivity index (χ4n) is 3.30. The van der Waals surface area contributed by atoms with E-state index in [0.717, 1.165) is 25.2 Å². The van der Waals surface area contributed by atoms with Gasteiger partial charge in [-0.25, -0.2) is 4.98 Å². The van der Waals surface area contributed by atoms with E-state index >= 15 is 0 Å². The molecule has 0 spiro atoms. The number of rotatable bonds is 6. The normalized spacial score (nSPS) is 22.5. The van der Waals surface area contributed by atoms with E-state index in [1.165, 1.54) is 4.88 Å². The van der Waals surface area contributed by atoms with Crippen molar-refractivity contribution in [3.8, 4) is 0 Å². The zero-order chi connectivity index (χ0) is 15.8. The topological polar surface area (TPSA) is 46.9 Å². The highest BCUT2D eigenvalue weighted by Crippen LogP contribution is 2.65. The summed E-state index contributed by atoms with van der Waals surface area (Å²) >= 11 is 1.69. The number of nitrogens with zero attached hydrogens (tertiary/aromatic N) is 2. The van der Waals surface area contributed by atoms with Crippen LogP contribution in [0.15, 0.2) is 29.9 Å². The Hall–Kier alpha value is -1.62. The Morgan fingerprint density at radius 1 is 1.50 bits per heavy atom. The van der Waals surface area contributed by atoms with Crippen molar-refractivity contribution in [1.29, 1.82) is 0 Å². The first-order chi connectivity index (χ1) is 10.5. The molecule has 3 rings (SSSR count). The minimum Gasteiger partial charge on any atom is -0.355 e. The molecule has 1 amide bonds. The van der Waals surface area contributed by atoms with Crippen molar-refractivity contribution >= 4 is 17.2 Å². The van der Waals surface area contributed by atoms with Crippen LogP contribution in [0, 0.1) is 12.3 Å². The van der Waals surface area contributed by atoms with Crippen LogP contribution in [0.25, 0.3) is 0 Å². The van der Waals surface area contributed by atoms with Gasteiger partial charge in [0.25, 0.3) is 0 Å². The van der Waals surface area contributed by atoms with Gasteiger partial charge in [-0.2, -0.15) is 0 Å². The van der Waals surface area contributed by atoms with Crippen molar-refractivity contribution in [2.24, 2.45) is 5.41 Å². The van der Waals surface area contributed by atoms with Crippen LogP contribution in [0.1, 0.15) is 37.4 Å². The van der Waals surface area contributed by atoms with Gasteiger partial charge in [-0.1, -0.05) is 19.9 Å². The standard InChI is InChI=1S/C17H23N3OS/c1-13-18-8-10-20(13)9-5-7-19-15(21)17(12-16(17,2)3)14-6-4-11-22-14/h4,6,8,10-11H,5,7,9,12H2,1-3H3,(H,19,21). The second-order valence-corrected chi connectivity index (χ2v) is 7.67. The van der Waals surface area contributed by atoms with Gasteiger partial charge >= 0.3 is 0 Å². The number of thiophene rings is 1. The summed E-state index contributed by atoms with van der Waals surface area (Å²) in [4.78, 5) is 18.2. The molecule has 1 saturated carbocycles. The molecule has 22 heavy (non-hydrogen) atoms. The fraction of sp³-hybridized carbons (Fsp3) is 0.529. The summed E-state index contributed by atoms with van der Waals surface area (Å²) in [5, 5.41) is 5.20. The summed E-state index contributed by atoms with van der Waals surface area (Å²) in [5.41, 5.74) is -0.255. The molecule has 2 aromatic rings. The lowest BCUT2D eigenvalue weighted by molar-refractivity contribution is -0.124. The zero-order valence-electron chi connectivity index (χ0n) is 13.4. The van der Waals surface area contributed by atoms with E-state index in [1.54, 1.807) is 11.3 Å². The summed E-state index contributed by atoms with van der Waals surface area (Å²) < 4.78 is 2.11. The SMILES string of the molecule is Cc1nccn1CCCNC(=O)C1(c2cccs2)CC1(C)C. The van der Waals surface area contributed by atoms with Gasteiger partial charge in [-0.15, -0.1) is 11.3 Å². The molecule has 1 unspecified atom stereocenters. The average Bonchev–Trinajstić information content (AvgIpc) is 2.91. The number of hydrogen-bond donors (Lipinski definition) is 1. The highest BCUT2D eigenvalue weighted by Gasteiger charge is 2.67. The maximum absolute atomic E-state index is 12.7. The van der Waals surface area contributed by atoms with Crippen molar-refractivity contribution in [3.63, 3.8) is 0 Å². The molecule has 1 atom stereocenters. The number of hydrogen-bond acceptors (Lipinski definition) is 3. The number of amides is 1. The molecule has 2 heterocycles. The molecular formula is C17H23N3OS. The third-order valence-corrected chi connectivity index (χ3v) is 5.88. The summed E-state index contributed by atoms with van der Waals surface area (Å²) in [6.07, 6.45) is 5.65. The molecule has 1 fully saturated rings. The van der Waals surface area contributed by atoms with E-state index in [-0.39, 0.29) is 16.7 Å². The summed E-state index contributed by atoms with van der Waals surface area (Å²) in [7, 11) is 0. The number of nitrogens with one attached hydrogen (secondary N) is 1. The molecule has 0 saturated heterocycles. The van der Waals surface area contributed by atoms with E-state index < -0.39 is 0 Å². The van der Waals surface area contributed by atoms with Gasteiger partial charge in [0.1, 0.15) is 5.82 Å². The van der Waals surface area contributed by atoms with Crippen molar-refractivity contribution in [2.45, 2.75) is 45.6 Å². The minimum absolute atomic E-state index is 0.0584. The molecule has 0 bridgehead atoms. The van der Waals surface area contributed by atoms with Gasteiger partial charge in [-0.3, -0.25) is 4.79 Å². The first-order valence-electron chi connectivity index (χ1n) is 7.77. The van der Waals surface area contributed by atoms with E-state index in [1.807, 2.05) is 25.4 Å². The molecule has 0 radical (unpaired) electrons. The zero-order valence-corrected chi connectivity index (χ0v) is 14.2. The number of aromatic nitrogens is 2. The van der Waals surface area contributed by atoms with Gasteiger partial charge in [-0.05, 0) is 36.6 Å². The number of carbonyl (C=O) groups is 1. The van der Waals surface area contributed by atoms with Gasteiger partial charge in [0.15, 0.2) is 0 Å². The quantitative estimate of drug-likeness (QED) is 0.832. The van der Waals surface area contributed by atoms with Crippen LogP contribution in [-0.2, 0) is 16.8 Å². The van der Waals surface area contributed by atoms with Crippen molar-refractivity contribution in [2.75, 3.05) is 6.54 Å². The van der Waals surface area contributed by atoms with Gasteiger partial charge in [0, 0.05) is 30.4 Å². The van der Waals surface area contributed by atoms with Crippen molar-refractivity contribution in [3.05, 3.63) is 40.6 Å². The van der Waals surface area contributed by atoms with Crippen LogP contribution >= 0.6 is 11.3 Å². The second-order valence-electron chi connectivity index (χ2n) is 6.72. The van der Waals surface area contributed by atoms with Crippen molar-refractivity contribution < 1.29 is 4.79 Å². The summed E-state index contributed by atoms with van der Waals surface area (Å²) in [6.45, 7) is 7.96. The van der Waals surface area contributed by atoms with E-state index in [9.17, 15) is 4.79 Å². The van der Waals surface area contributed by atoms with Crippen LogP contribution in [-0.4, -0.2) is 22.0 Å². The predicted octanol–water partition coefficient (Wildman–Crippen LogP) is 3.13. The lowest BCUT2D eigenvalue weighted by Gasteiger charge is -2.19. The van der Waals surface area contributed by atoms with Crippen LogP contribution in [0.5, 0.6) is 0 Å². The lowest BCUT2D eigenvalue weighted by atomic mass is 9.93. The summed E-state index contributed by atoms with van der Waals surface area (Å²) in [6, 6.07) is 4.12. The lowest BCUT2D eigenvalue weighted by Crippen LogP contribution is -2.38. The van der Waals surface area contributed by atoms with Gasteiger partial charge < -0.3 is 9.88 Å². The summed E-state index contributed by atoms with van der Waals surface area (Å²) in [5.74, 6) is 1.20. The molecule has 0 aliphatic heterocycles. The van der Waals surface area contributed by atoms with Gasteiger partial charge in [0.05, 0.1) is 5.41 Å². The fourth-order valence-corrected chi connectivity index (χ4v) is 4.41. The first kappa shape index (κ1) is 15.3. The third kappa shape index (κ3) is 2.47. The van der Waals surface area contributed by atoms with E-state index in [0.29, 0.717) is 6.54 Å². The number of carbonyl (C=O) groups excluding carboxylic acids is 1. The maximum atomic E-state index is 12.7. The smallest absolute Gasteiger partial charge is 0.232 e. The molecule has 1 aliphatic rings. The largest absolute Gasteiger partial charge is 0.355 e. The molecule has 1 aliphatic carbocycles. The first-order valence-corrected chi connectivity index (χ1v) is 8.65. The van der Waals surface area contributed by atoms with Crippen LogP contribution < -0.4 is 5.32 Å². The highest BCUT2D eigenvalue weighted by molar-refractivity contribution is 7.10. The Labute approximate surface area is 135 Å².